The molecule has 0 aliphatic rings. The number of carbonyl (C=O) groups excluding carboxylic acids is 1. The van der Waals surface area contributed by atoms with E-state index in [1.807, 2.05) is 13.0 Å². The van der Waals surface area contributed by atoms with Gasteiger partial charge in [0, 0.05) is 26.3 Å². The molecule has 0 atom stereocenters. The summed E-state index contributed by atoms with van der Waals surface area (Å²) in [4.78, 5) is 17.3. The SMILES string of the molecule is Cc1ccc(C(=O)N(C)CCN)nc1. The van der Waals surface area contributed by atoms with Crippen LogP contribution in [0.5, 0.6) is 0 Å². The number of hydrogen-bond donors (Lipinski definition) is 1. The van der Waals surface area contributed by atoms with Gasteiger partial charge in [-0.3, -0.25) is 9.78 Å². The van der Waals surface area contributed by atoms with Gasteiger partial charge in [0.05, 0.1) is 0 Å². The molecule has 0 fully saturated rings. The van der Waals surface area contributed by atoms with Gasteiger partial charge in [-0.15, -0.1) is 0 Å². The lowest BCUT2D eigenvalue weighted by molar-refractivity contribution is 0.0793. The fourth-order valence-electron chi connectivity index (χ4n) is 1.09. The van der Waals surface area contributed by atoms with Crippen molar-refractivity contribution in [2.24, 2.45) is 5.73 Å². The third kappa shape index (κ3) is 2.53. The van der Waals surface area contributed by atoms with E-state index in [9.17, 15) is 4.79 Å². The van der Waals surface area contributed by atoms with E-state index in [1.165, 1.54) is 0 Å². The van der Waals surface area contributed by atoms with Crippen molar-refractivity contribution in [3.05, 3.63) is 29.6 Å². The molecule has 0 unspecified atom stereocenters. The molecule has 0 spiro atoms. The van der Waals surface area contributed by atoms with Gasteiger partial charge in [-0.05, 0) is 18.6 Å². The van der Waals surface area contributed by atoms with Gasteiger partial charge < -0.3 is 10.6 Å². The topological polar surface area (TPSA) is 59.2 Å². The van der Waals surface area contributed by atoms with Crippen LogP contribution < -0.4 is 5.73 Å². The van der Waals surface area contributed by atoms with Crippen LogP contribution in [0.25, 0.3) is 0 Å². The molecular weight excluding hydrogens is 178 g/mol. The van der Waals surface area contributed by atoms with Crippen LogP contribution in [0.4, 0.5) is 0 Å². The Kier molecular flexibility index (Phi) is 3.59. The Hall–Kier alpha value is -1.42. The predicted molar refractivity (Wildman–Crippen MR) is 55.0 cm³/mol. The third-order valence-electron chi connectivity index (χ3n) is 1.94. The maximum atomic E-state index is 11.7. The number of likely N-dealkylation sites (N-methyl/N-ethyl adjacent to an activating group) is 1. The molecule has 0 saturated heterocycles. The van der Waals surface area contributed by atoms with E-state index in [-0.39, 0.29) is 5.91 Å². The molecule has 1 aromatic heterocycles. The highest BCUT2D eigenvalue weighted by atomic mass is 16.2. The van der Waals surface area contributed by atoms with Crippen molar-refractivity contribution >= 4 is 5.91 Å². The van der Waals surface area contributed by atoms with E-state index in [1.54, 1.807) is 24.2 Å². The molecule has 0 aliphatic carbocycles. The number of aromatic nitrogens is 1. The highest BCUT2D eigenvalue weighted by Crippen LogP contribution is 2.01. The second-order valence-corrected chi connectivity index (χ2v) is 3.24. The predicted octanol–water partition coefficient (Wildman–Crippen LogP) is 0.421. The van der Waals surface area contributed by atoms with Crippen molar-refractivity contribution in [1.82, 2.24) is 9.88 Å². The van der Waals surface area contributed by atoms with Crippen LogP contribution >= 0.6 is 0 Å². The molecule has 14 heavy (non-hydrogen) atoms. The molecule has 0 radical (unpaired) electrons. The van der Waals surface area contributed by atoms with E-state index in [0.29, 0.717) is 18.8 Å². The molecule has 2 N–H and O–H groups in total. The van der Waals surface area contributed by atoms with Gasteiger partial charge >= 0.3 is 0 Å². The van der Waals surface area contributed by atoms with Crippen LogP contribution in [-0.2, 0) is 0 Å². The van der Waals surface area contributed by atoms with E-state index in [0.717, 1.165) is 5.56 Å². The summed E-state index contributed by atoms with van der Waals surface area (Å²) in [5, 5.41) is 0. The molecule has 1 heterocycles. The van der Waals surface area contributed by atoms with Gasteiger partial charge in [0.15, 0.2) is 0 Å². The number of hydrogen-bond acceptors (Lipinski definition) is 3. The number of nitrogens with two attached hydrogens (primary N) is 1. The standard InChI is InChI=1S/C10H15N3O/c1-8-3-4-9(12-7-8)10(14)13(2)6-5-11/h3-4,7H,5-6,11H2,1-2H3. The van der Waals surface area contributed by atoms with Crippen molar-refractivity contribution in [2.45, 2.75) is 6.92 Å². The van der Waals surface area contributed by atoms with Gasteiger partial charge in [-0.25, -0.2) is 0 Å². The monoisotopic (exact) mass is 193 g/mol. The third-order valence-corrected chi connectivity index (χ3v) is 1.94. The van der Waals surface area contributed by atoms with Crippen LogP contribution in [0.2, 0.25) is 0 Å². The highest BCUT2D eigenvalue weighted by Gasteiger charge is 2.11. The number of carbonyl (C=O) groups is 1. The Morgan fingerprint density at radius 3 is 2.79 bits per heavy atom. The molecule has 1 rings (SSSR count). The smallest absolute Gasteiger partial charge is 0.272 e. The maximum absolute atomic E-state index is 11.7. The van der Waals surface area contributed by atoms with Gasteiger partial charge in [0.25, 0.3) is 5.91 Å². The lowest BCUT2D eigenvalue weighted by Gasteiger charge is -2.14. The summed E-state index contributed by atoms with van der Waals surface area (Å²) in [7, 11) is 1.72. The first-order valence-corrected chi connectivity index (χ1v) is 4.53. The van der Waals surface area contributed by atoms with E-state index >= 15 is 0 Å². The molecule has 1 amide bonds. The minimum absolute atomic E-state index is 0.0875. The first-order valence-electron chi connectivity index (χ1n) is 4.53. The van der Waals surface area contributed by atoms with Gasteiger partial charge in [0.1, 0.15) is 5.69 Å². The molecule has 0 aliphatic heterocycles. The van der Waals surface area contributed by atoms with Crippen molar-refractivity contribution in [3.8, 4) is 0 Å². The lowest BCUT2D eigenvalue weighted by Crippen LogP contribution is -2.32. The summed E-state index contributed by atoms with van der Waals surface area (Å²) < 4.78 is 0. The van der Waals surface area contributed by atoms with Crippen molar-refractivity contribution < 1.29 is 4.79 Å². The Bertz CT molecular complexity index is 308. The fraction of sp³-hybridized carbons (Fsp3) is 0.400. The largest absolute Gasteiger partial charge is 0.339 e. The maximum Gasteiger partial charge on any atom is 0.272 e. The van der Waals surface area contributed by atoms with E-state index in [2.05, 4.69) is 4.98 Å². The summed E-state index contributed by atoms with van der Waals surface area (Å²) in [6.07, 6.45) is 1.68. The molecule has 0 saturated carbocycles. The molecule has 1 aromatic rings. The quantitative estimate of drug-likeness (QED) is 0.757. The van der Waals surface area contributed by atoms with Crippen LogP contribution in [0.15, 0.2) is 18.3 Å². The molecular formula is C10H15N3O. The number of aryl methyl sites for hydroxylation is 1. The minimum Gasteiger partial charge on any atom is -0.339 e. The second kappa shape index (κ2) is 4.72. The van der Waals surface area contributed by atoms with Gasteiger partial charge in [0.2, 0.25) is 0 Å². The molecule has 4 nitrogen and oxygen atoms in total. The minimum atomic E-state index is -0.0875. The Morgan fingerprint density at radius 2 is 2.29 bits per heavy atom. The average Bonchev–Trinajstić information content (AvgIpc) is 2.18. The van der Waals surface area contributed by atoms with Crippen LogP contribution in [0.3, 0.4) is 0 Å². The Labute approximate surface area is 83.7 Å². The number of rotatable bonds is 3. The molecule has 0 bridgehead atoms. The molecule has 4 heteroatoms. The Balaban J connectivity index is 2.74. The zero-order valence-electron chi connectivity index (χ0n) is 8.53. The van der Waals surface area contributed by atoms with Crippen molar-refractivity contribution in [2.75, 3.05) is 20.1 Å². The van der Waals surface area contributed by atoms with Crippen LogP contribution in [0, 0.1) is 6.92 Å². The van der Waals surface area contributed by atoms with Crippen LogP contribution in [-0.4, -0.2) is 35.9 Å². The first-order chi connectivity index (χ1) is 6.65. The number of amides is 1. The summed E-state index contributed by atoms with van der Waals surface area (Å²) in [5.41, 5.74) is 6.86. The Morgan fingerprint density at radius 1 is 1.57 bits per heavy atom. The van der Waals surface area contributed by atoms with Gasteiger partial charge in [-0.1, -0.05) is 6.07 Å². The summed E-state index contributed by atoms with van der Waals surface area (Å²) >= 11 is 0. The van der Waals surface area contributed by atoms with Crippen LogP contribution in [0.1, 0.15) is 16.1 Å². The summed E-state index contributed by atoms with van der Waals surface area (Å²) in [5.74, 6) is -0.0875. The highest BCUT2D eigenvalue weighted by molar-refractivity contribution is 5.92. The van der Waals surface area contributed by atoms with Gasteiger partial charge in [-0.2, -0.15) is 0 Å². The zero-order chi connectivity index (χ0) is 10.6. The lowest BCUT2D eigenvalue weighted by atomic mass is 10.2. The second-order valence-electron chi connectivity index (χ2n) is 3.24. The number of nitrogens with zero attached hydrogens (tertiary/aromatic N) is 2. The zero-order valence-corrected chi connectivity index (χ0v) is 8.53. The number of pyridine rings is 1. The summed E-state index contributed by atoms with van der Waals surface area (Å²) in [6, 6.07) is 3.60. The molecule has 0 aromatic carbocycles. The first kappa shape index (κ1) is 10.7. The normalized spacial score (nSPS) is 9.93. The average molecular weight is 193 g/mol. The van der Waals surface area contributed by atoms with E-state index in [4.69, 9.17) is 5.73 Å². The summed E-state index contributed by atoms with van der Waals surface area (Å²) in [6.45, 7) is 2.95. The fourth-order valence-corrected chi connectivity index (χ4v) is 1.09. The van der Waals surface area contributed by atoms with Crippen molar-refractivity contribution in [3.63, 3.8) is 0 Å². The van der Waals surface area contributed by atoms with E-state index < -0.39 is 0 Å². The molecule has 76 valence electrons. The van der Waals surface area contributed by atoms with Crippen molar-refractivity contribution in [1.29, 1.82) is 0 Å².